The Kier molecular flexibility index (Phi) is 18.1. The molecular weight excluding hydrogens is 727 g/mol. The molecular formula is C47H58Cl2Zr. The quantitative estimate of drug-likeness (QED) is 0.138. The first kappa shape index (κ1) is 43.9. The summed E-state index contributed by atoms with van der Waals surface area (Å²) in [4.78, 5) is 0. The van der Waals surface area contributed by atoms with Crippen LogP contribution in [0.5, 0.6) is 0 Å². The van der Waals surface area contributed by atoms with Crippen LogP contribution in [0.4, 0.5) is 0 Å². The smallest absolute Gasteiger partial charge is 0.109 e. The molecule has 6 rings (SSSR count). The number of allylic oxidation sites excluding steroid dienone is 4. The third kappa shape index (κ3) is 12.7. The normalized spacial score (nSPS) is 12.4. The number of benzene rings is 4. The van der Waals surface area contributed by atoms with Crippen molar-refractivity contribution in [1.82, 2.24) is 0 Å². The minimum Gasteiger partial charge on any atom is -0.273 e. The standard InChI is InChI=1S/C21H25.C21H26.C5H5.2ClH.Zr/c1-20(2,3)16-7-9-18-14(12-16)11-15-13-17(21(4,5)6)8-10-19(15)18;1-3-5-7-18-9-13-20(14-10-18)17-21-15-11-19(12-16-21)8-6-4-2;1-2-4-5-3-1;;;/h7-10,12H,11H2,1-6H3;9-16H,3-8H2,1-2H3;1-3H,4H2;2*1H;/q-1;;-1;;;+2. The van der Waals surface area contributed by atoms with Gasteiger partial charge in [-0.2, -0.15) is 29.8 Å². The summed E-state index contributed by atoms with van der Waals surface area (Å²) in [6, 6.07) is 33.5. The number of aryl methyl sites for hydroxylation is 2. The monoisotopic (exact) mass is 782 g/mol. The van der Waals surface area contributed by atoms with Crippen LogP contribution in [0.25, 0.3) is 11.1 Å². The van der Waals surface area contributed by atoms with Gasteiger partial charge < -0.3 is 0 Å². The first-order valence-corrected chi connectivity index (χ1v) is 19.3. The number of hydrogen-bond acceptors (Lipinski definition) is 0. The van der Waals surface area contributed by atoms with E-state index in [1.54, 1.807) is 0 Å². The van der Waals surface area contributed by atoms with Gasteiger partial charge in [-0.25, -0.2) is 12.2 Å². The van der Waals surface area contributed by atoms with E-state index < -0.39 is 0 Å². The van der Waals surface area contributed by atoms with Gasteiger partial charge in [0, 0.05) is 0 Å². The van der Waals surface area contributed by atoms with Crippen LogP contribution >= 0.6 is 24.8 Å². The summed E-state index contributed by atoms with van der Waals surface area (Å²) in [5.41, 5.74) is 14.4. The van der Waals surface area contributed by atoms with E-state index in [9.17, 15) is 0 Å². The Morgan fingerprint density at radius 3 is 1.64 bits per heavy atom. The van der Waals surface area contributed by atoms with Gasteiger partial charge in [-0.3, -0.25) is 6.08 Å². The molecule has 264 valence electrons. The maximum absolute atomic E-state index is 3.67. The van der Waals surface area contributed by atoms with Crippen molar-refractivity contribution in [2.75, 3.05) is 0 Å². The summed E-state index contributed by atoms with van der Waals surface area (Å²) in [5, 5.41) is 0. The van der Waals surface area contributed by atoms with E-state index in [1.807, 2.05) is 12.2 Å². The van der Waals surface area contributed by atoms with Crippen LogP contribution in [0.3, 0.4) is 0 Å². The fraction of sp³-hybridized carbons (Fsp3) is 0.383. The van der Waals surface area contributed by atoms with Gasteiger partial charge in [0.1, 0.15) is 0 Å². The fourth-order valence-electron chi connectivity index (χ4n) is 5.97. The molecule has 0 aliphatic heterocycles. The average Bonchev–Trinajstić information content (AvgIpc) is 3.78. The molecule has 4 aromatic carbocycles. The van der Waals surface area contributed by atoms with Crippen LogP contribution in [-0.2, 0) is 54.3 Å². The van der Waals surface area contributed by atoms with Gasteiger partial charge in [0.15, 0.2) is 0 Å². The van der Waals surface area contributed by atoms with Gasteiger partial charge in [0.05, 0.1) is 0 Å². The Bertz CT molecular complexity index is 1570. The predicted octanol–water partition coefficient (Wildman–Crippen LogP) is 13.3. The second-order valence-electron chi connectivity index (χ2n) is 15.3. The van der Waals surface area contributed by atoms with Gasteiger partial charge in [-0.05, 0) is 28.4 Å². The molecule has 0 spiro atoms. The molecule has 50 heavy (non-hydrogen) atoms. The molecule has 0 saturated heterocycles. The van der Waals surface area contributed by atoms with Crippen molar-refractivity contribution in [2.45, 2.75) is 118 Å². The molecule has 0 atom stereocenters. The molecule has 0 radical (unpaired) electrons. The van der Waals surface area contributed by atoms with Crippen molar-refractivity contribution < 1.29 is 24.2 Å². The SMILES string of the molecule is CC(C)(C)c1[c-]c2c(cc1)-c1ccc(C(C)(C)C)cc1C2.CCCCc1ccc([C](=[Zr+2])c2ccc(CCCC)cc2)cc1.Cl.Cl.[C-]1=CC=CC1. The zero-order chi connectivity index (χ0) is 34.7. The Balaban J connectivity index is 0.000000293. The summed E-state index contributed by atoms with van der Waals surface area (Å²) in [6.45, 7) is 18.1. The van der Waals surface area contributed by atoms with Crippen molar-refractivity contribution >= 4 is 28.0 Å². The Morgan fingerprint density at radius 1 is 0.680 bits per heavy atom. The van der Waals surface area contributed by atoms with Gasteiger partial charge in [-0.1, -0.05) is 65.3 Å². The third-order valence-corrected chi connectivity index (χ3v) is 10.6. The van der Waals surface area contributed by atoms with E-state index in [1.165, 1.54) is 122 Å². The maximum Gasteiger partial charge on any atom is -0.109 e. The molecule has 3 heteroatoms. The number of fused-ring (bicyclic) bond motifs is 3. The van der Waals surface area contributed by atoms with Gasteiger partial charge in [0.2, 0.25) is 0 Å². The van der Waals surface area contributed by atoms with Crippen molar-refractivity contribution in [3.05, 3.63) is 154 Å². The topological polar surface area (TPSA) is 0 Å². The molecule has 0 amide bonds. The number of rotatable bonds is 8. The molecule has 0 N–H and O–H groups in total. The zero-order valence-electron chi connectivity index (χ0n) is 31.7. The van der Waals surface area contributed by atoms with E-state index in [-0.39, 0.29) is 35.6 Å². The molecule has 2 aliphatic carbocycles. The average molecular weight is 785 g/mol. The van der Waals surface area contributed by atoms with E-state index in [0.717, 1.165) is 12.8 Å². The first-order valence-electron chi connectivity index (χ1n) is 18.1. The van der Waals surface area contributed by atoms with Crippen LogP contribution in [-0.4, -0.2) is 3.21 Å². The van der Waals surface area contributed by atoms with E-state index >= 15 is 0 Å². The molecule has 4 aromatic rings. The predicted molar refractivity (Wildman–Crippen MR) is 220 cm³/mol. The molecule has 0 fully saturated rings. The number of hydrogen-bond donors (Lipinski definition) is 0. The minimum absolute atomic E-state index is 0. The molecule has 0 bridgehead atoms. The second kappa shape index (κ2) is 20.7. The summed E-state index contributed by atoms with van der Waals surface area (Å²) in [5.74, 6) is 0. The van der Waals surface area contributed by atoms with Gasteiger partial charge in [0.25, 0.3) is 0 Å². The molecule has 0 unspecified atom stereocenters. The van der Waals surface area contributed by atoms with Crippen LogP contribution in [0, 0.1) is 12.1 Å². The Labute approximate surface area is 332 Å². The third-order valence-electron chi connectivity index (χ3n) is 9.17. The molecule has 0 aromatic heterocycles. The van der Waals surface area contributed by atoms with Crippen molar-refractivity contribution in [3.8, 4) is 11.1 Å². The molecule has 0 nitrogen and oxygen atoms in total. The number of unbranched alkanes of at least 4 members (excludes halogenated alkanes) is 2. The van der Waals surface area contributed by atoms with Crippen molar-refractivity contribution in [1.29, 1.82) is 0 Å². The van der Waals surface area contributed by atoms with Crippen LogP contribution in [0.15, 0.2) is 97.1 Å². The van der Waals surface area contributed by atoms with E-state index in [2.05, 4.69) is 152 Å². The summed E-state index contributed by atoms with van der Waals surface area (Å²) in [7, 11) is 0. The van der Waals surface area contributed by atoms with Crippen molar-refractivity contribution in [3.63, 3.8) is 0 Å². The summed E-state index contributed by atoms with van der Waals surface area (Å²) >= 11 is 1.48. The Morgan fingerprint density at radius 2 is 1.22 bits per heavy atom. The van der Waals surface area contributed by atoms with Gasteiger partial charge in [-0.15, -0.1) is 42.4 Å². The number of halogens is 2. The van der Waals surface area contributed by atoms with E-state index in [4.69, 9.17) is 0 Å². The molecule has 2 aliphatic rings. The minimum atomic E-state index is 0. The summed E-state index contributed by atoms with van der Waals surface area (Å²) in [6.07, 6.45) is 18.5. The fourth-order valence-corrected chi connectivity index (χ4v) is 6.79. The Hall–Kier alpha value is -2.31. The zero-order valence-corrected chi connectivity index (χ0v) is 35.8. The van der Waals surface area contributed by atoms with Crippen molar-refractivity contribution in [2.24, 2.45) is 0 Å². The van der Waals surface area contributed by atoms with Crippen LogP contribution in [0.2, 0.25) is 0 Å². The summed E-state index contributed by atoms with van der Waals surface area (Å²) < 4.78 is 1.45. The van der Waals surface area contributed by atoms with E-state index in [0.29, 0.717) is 0 Å². The molecule has 0 saturated carbocycles. The largest absolute Gasteiger partial charge is 0.273 e. The maximum atomic E-state index is 3.67. The first-order chi connectivity index (χ1) is 22.9. The van der Waals surface area contributed by atoms with Gasteiger partial charge >= 0.3 is 151 Å². The van der Waals surface area contributed by atoms with Crippen LogP contribution in [0.1, 0.15) is 132 Å². The molecule has 0 heterocycles. The van der Waals surface area contributed by atoms with Crippen LogP contribution < -0.4 is 0 Å². The second-order valence-corrected chi connectivity index (χ2v) is 16.5.